The molecule has 2 rings (SSSR count). The molecule has 1 aromatic carbocycles. The number of hydrogen-bond donors (Lipinski definition) is 2. The predicted molar refractivity (Wildman–Crippen MR) is 91.6 cm³/mol. The van der Waals surface area contributed by atoms with E-state index < -0.39 is 12.8 Å². The number of nitrogens with two attached hydrogens (primary N) is 1. The molecule has 0 spiro atoms. The molecule has 0 aliphatic carbocycles. The lowest BCUT2D eigenvalue weighted by Crippen LogP contribution is -2.42. The average molecular weight is 358 g/mol. The van der Waals surface area contributed by atoms with E-state index in [4.69, 9.17) is 5.73 Å². The van der Waals surface area contributed by atoms with Gasteiger partial charge in [0.1, 0.15) is 5.75 Å². The number of aliphatic imine (C=N–C) groups is 1. The smallest absolute Gasteiger partial charge is 0.422 e. The maximum atomic E-state index is 12.1. The summed E-state index contributed by atoms with van der Waals surface area (Å²) in [6.45, 7) is 4.15. The molecule has 3 N–H and O–H groups in total. The molecule has 1 aliphatic heterocycles. The lowest BCUT2D eigenvalue weighted by Gasteiger charge is -2.23. The fourth-order valence-corrected chi connectivity index (χ4v) is 2.85. The van der Waals surface area contributed by atoms with Gasteiger partial charge in [0, 0.05) is 12.6 Å². The van der Waals surface area contributed by atoms with Crippen molar-refractivity contribution in [3.63, 3.8) is 0 Å². The number of hydrogen-bond acceptors (Lipinski definition) is 3. The van der Waals surface area contributed by atoms with Crippen molar-refractivity contribution in [3.8, 4) is 5.75 Å². The van der Waals surface area contributed by atoms with Gasteiger partial charge in [-0.25, -0.2) is 4.99 Å². The fourth-order valence-electron chi connectivity index (χ4n) is 2.85. The Morgan fingerprint density at radius 3 is 2.72 bits per heavy atom. The molecule has 0 radical (unpaired) electrons. The van der Waals surface area contributed by atoms with Gasteiger partial charge in [-0.1, -0.05) is 19.1 Å². The van der Waals surface area contributed by atoms with Crippen molar-refractivity contribution in [2.45, 2.75) is 38.5 Å². The maximum absolute atomic E-state index is 12.1. The van der Waals surface area contributed by atoms with Gasteiger partial charge in [0.15, 0.2) is 12.6 Å². The second-order valence-electron chi connectivity index (χ2n) is 6.05. The van der Waals surface area contributed by atoms with Gasteiger partial charge in [0.25, 0.3) is 0 Å². The zero-order valence-corrected chi connectivity index (χ0v) is 14.4. The highest BCUT2D eigenvalue weighted by molar-refractivity contribution is 5.77. The number of benzene rings is 1. The van der Waals surface area contributed by atoms with Gasteiger partial charge < -0.3 is 15.8 Å². The van der Waals surface area contributed by atoms with Crippen LogP contribution in [0.25, 0.3) is 0 Å². The molecule has 1 aliphatic rings. The van der Waals surface area contributed by atoms with Crippen LogP contribution in [0.15, 0.2) is 29.3 Å². The highest BCUT2D eigenvalue weighted by Gasteiger charge is 2.28. The lowest BCUT2D eigenvalue weighted by atomic mass is 10.2. The summed E-state index contributed by atoms with van der Waals surface area (Å²) in [5.41, 5.74) is 6.73. The van der Waals surface area contributed by atoms with E-state index in [9.17, 15) is 13.2 Å². The molecule has 8 heteroatoms. The predicted octanol–water partition coefficient (Wildman–Crippen LogP) is 2.52. The number of guanidine groups is 1. The van der Waals surface area contributed by atoms with Crippen molar-refractivity contribution < 1.29 is 17.9 Å². The van der Waals surface area contributed by atoms with E-state index >= 15 is 0 Å². The third kappa shape index (κ3) is 6.81. The first-order valence-electron chi connectivity index (χ1n) is 8.43. The van der Waals surface area contributed by atoms with Crippen LogP contribution in [-0.2, 0) is 6.54 Å². The summed E-state index contributed by atoms with van der Waals surface area (Å²) < 4.78 is 40.9. The molecular weight excluding hydrogens is 333 g/mol. The number of rotatable bonds is 7. The highest BCUT2D eigenvalue weighted by Crippen LogP contribution is 2.19. The molecule has 0 aromatic heterocycles. The molecule has 0 saturated carbocycles. The number of likely N-dealkylation sites (N-methyl/N-ethyl adjacent to an activating group) is 1. The molecule has 5 nitrogen and oxygen atoms in total. The molecule has 1 atom stereocenters. The normalized spacial score (nSPS) is 19.2. The molecule has 1 heterocycles. The zero-order chi connectivity index (χ0) is 18.3. The number of alkyl halides is 3. The third-order valence-corrected chi connectivity index (χ3v) is 4.18. The highest BCUT2D eigenvalue weighted by atomic mass is 19.4. The van der Waals surface area contributed by atoms with Crippen molar-refractivity contribution in [1.82, 2.24) is 10.2 Å². The van der Waals surface area contributed by atoms with E-state index in [1.807, 2.05) is 0 Å². The van der Waals surface area contributed by atoms with E-state index in [1.54, 1.807) is 12.1 Å². The van der Waals surface area contributed by atoms with Gasteiger partial charge in [-0.15, -0.1) is 0 Å². The van der Waals surface area contributed by atoms with Crippen LogP contribution in [0.2, 0.25) is 0 Å². The molecular formula is C17H25F3N4O. The summed E-state index contributed by atoms with van der Waals surface area (Å²) in [6.07, 6.45) is -1.97. The maximum Gasteiger partial charge on any atom is 0.422 e. The minimum atomic E-state index is -4.34. The van der Waals surface area contributed by atoms with E-state index in [2.05, 4.69) is 26.9 Å². The molecule has 0 amide bonds. The monoisotopic (exact) mass is 358 g/mol. The van der Waals surface area contributed by atoms with Gasteiger partial charge in [-0.05, 0) is 43.6 Å². The SMILES string of the molecule is CCN1CCCC1CNC(N)=NCc1ccc(OCC(F)(F)F)cc1. The van der Waals surface area contributed by atoms with E-state index in [-0.39, 0.29) is 5.75 Å². The van der Waals surface area contributed by atoms with Crippen LogP contribution < -0.4 is 15.8 Å². The Kier molecular flexibility index (Phi) is 6.92. The quantitative estimate of drug-likeness (QED) is 0.581. The van der Waals surface area contributed by atoms with Crippen molar-refractivity contribution in [3.05, 3.63) is 29.8 Å². The summed E-state index contributed by atoms with van der Waals surface area (Å²) in [5, 5.41) is 3.14. The number of ether oxygens (including phenoxy) is 1. The summed E-state index contributed by atoms with van der Waals surface area (Å²) in [5.74, 6) is 0.553. The summed E-state index contributed by atoms with van der Waals surface area (Å²) in [6, 6.07) is 6.84. The zero-order valence-electron chi connectivity index (χ0n) is 14.4. The van der Waals surface area contributed by atoms with Crippen molar-refractivity contribution in [2.75, 3.05) is 26.2 Å². The minimum Gasteiger partial charge on any atom is -0.484 e. The topological polar surface area (TPSA) is 62.9 Å². The van der Waals surface area contributed by atoms with Gasteiger partial charge >= 0.3 is 6.18 Å². The first kappa shape index (κ1) is 19.4. The van der Waals surface area contributed by atoms with Crippen LogP contribution in [0, 0.1) is 0 Å². The van der Waals surface area contributed by atoms with Crippen LogP contribution in [-0.4, -0.2) is 49.3 Å². The third-order valence-electron chi connectivity index (χ3n) is 4.18. The molecule has 140 valence electrons. The van der Waals surface area contributed by atoms with Crippen LogP contribution >= 0.6 is 0 Å². The molecule has 1 saturated heterocycles. The largest absolute Gasteiger partial charge is 0.484 e. The Bertz CT molecular complexity index is 560. The van der Waals surface area contributed by atoms with Crippen molar-refractivity contribution in [1.29, 1.82) is 0 Å². The first-order chi connectivity index (χ1) is 11.9. The Morgan fingerprint density at radius 1 is 1.36 bits per heavy atom. The van der Waals surface area contributed by atoms with E-state index in [0.717, 1.165) is 31.6 Å². The average Bonchev–Trinajstić information content (AvgIpc) is 3.04. The van der Waals surface area contributed by atoms with Crippen LogP contribution in [0.4, 0.5) is 13.2 Å². The van der Waals surface area contributed by atoms with Gasteiger partial charge in [0.2, 0.25) is 0 Å². The molecule has 25 heavy (non-hydrogen) atoms. The Balaban J connectivity index is 1.76. The first-order valence-corrected chi connectivity index (χ1v) is 8.43. The number of likely N-dealkylation sites (tertiary alicyclic amines) is 1. The molecule has 1 unspecified atom stereocenters. The summed E-state index contributed by atoms with van der Waals surface area (Å²) >= 11 is 0. The fraction of sp³-hybridized carbons (Fsp3) is 0.588. The Labute approximate surface area is 146 Å². The van der Waals surface area contributed by atoms with Crippen LogP contribution in [0.3, 0.4) is 0 Å². The van der Waals surface area contributed by atoms with Crippen molar-refractivity contribution >= 4 is 5.96 Å². The second kappa shape index (κ2) is 8.94. The van der Waals surface area contributed by atoms with Gasteiger partial charge in [0.05, 0.1) is 6.54 Å². The minimum absolute atomic E-state index is 0.178. The Hall–Kier alpha value is -1.96. The Morgan fingerprint density at radius 2 is 2.08 bits per heavy atom. The molecule has 0 bridgehead atoms. The molecule has 1 aromatic rings. The lowest BCUT2D eigenvalue weighted by molar-refractivity contribution is -0.153. The summed E-state index contributed by atoms with van der Waals surface area (Å²) in [4.78, 5) is 6.68. The number of nitrogens with zero attached hydrogens (tertiary/aromatic N) is 2. The number of nitrogens with one attached hydrogen (secondary N) is 1. The molecule has 1 fully saturated rings. The van der Waals surface area contributed by atoms with Crippen LogP contribution in [0.1, 0.15) is 25.3 Å². The van der Waals surface area contributed by atoms with E-state index in [0.29, 0.717) is 18.5 Å². The number of halogens is 3. The second-order valence-corrected chi connectivity index (χ2v) is 6.05. The van der Waals surface area contributed by atoms with Gasteiger partial charge in [-0.3, -0.25) is 4.90 Å². The van der Waals surface area contributed by atoms with Gasteiger partial charge in [-0.2, -0.15) is 13.2 Å². The standard InChI is InChI=1S/C17H25F3N4O/c1-2-24-9-3-4-14(24)11-23-16(21)22-10-13-5-7-15(8-6-13)25-12-17(18,19)20/h5-8,14H,2-4,9-12H2,1H3,(H3,21,22,23). The van der Waals surface area contributed by atoms with Crippen molar-refractivity contribution in [2.24, 2.45) is 10.7 Å². The summed E-state index contributed by atoms with van der Waals surface area (Å²) in [7, 11) is 0. The van der Waals surface area contributed by atoms with E-state index in [1.165, 1.54) is 18.6 Å². The van der Waals surface area contributed by atoms with Crippen LogP contribution in [0.5, 0.6) is 5.75 Å².